The molecule has 1 unspecified atom stereocenters. The Morgan fingerprint density at radius 1 is 0.955 bits per heavy atom. The zero-order chi connectivity index (χ0) is 14.8. The molecule has 1 N–H and O–H groups in total. The maximum atomic E-state index is 4.66. The number of piperidine rings is 1. The number of nitrogens with one attached hydrogen (secondary N) is 1. The monoisotopic (exact) mass is 296 g/mol. The van der Waals surface area contributed by atoms with Gasteiger partial charge in [0.2, 0.25) is 0 Å². The van der Waals surface area contributed by atoms with E-state index in [9.17, 15) is 0 Å². The topological polar surface area (TPSA) is 49.6 Å². The lowest BCUT2D eigenvalue weighted by atomic mass is 9.79. The molecule has 1 fully saturated rings. The molecule has 1 aromatic heterocycles. The molecule has 116 valence electrons. The molecule has 22 heavy (non-hydrogen) atoms. The van der Waals surface area contributed by atoms with Crippen molar-refractivity contribution in [3.05, 3.63) is 40.3 Å². The molecule has 2 aliphatic heterocycles. The maximum Gasteiger partial charge on any atom is 0.101 e. The molecule has 0 spiro atoms. The summed E-state index contributed by atoms with van der Waals surface area (Å²) in [5, 5.41) is 5.48. The fraction of sp³-hybridized carbons (Fsp3) is 0.611. The van der Waals surface area contributed by atoms with Crippen LogP contribution < -0.4 is 16.0 Å². The minimum Gasteiger partial charge on any atom is -0.317 e. The number of hydrogen-bond acceptors (Lipinski definition) is 4. The van der Waals surface area contributed by atoms with E-state index in [1.165, 1.54) is 44.5 Å². The first-order chi connectivity index (χ1) is 10.9. The summed E-state index contributed by atoms with van der Waals surface area (Å²) < 4.78 is 0. The molecule has 4 heteroatoms. The van der Waals surface area contributed by atoms with E-state index in [4.69, 9.17) is 0 Å². The third-order valence-corrected chi connectivity index (χ3v) is 5.28. The van der Waals surface area contributed by atoms with Crippen LogP contribution in [0, 0.1) is 5.92 Å². The predicted molar refractivity (Wildman–Crippen MR) is 86.6 cm³/mol. The molecule has 0 amide bonds. The van der Waals surface area contributed by atoms with Crippen molar-refractivity contribution in [3.63, 3.8) is 0 Å². The van der Waals surface area contributed by atoms with Gasteiger partial charge >= 0.3 is 0 Å². The van der Waals surface area contributed by atoms with Crippen LogP contribution in [0.2, 0.25) is 0 Å². The lowest BCUT2D eigenvalue weighted by molar-refractivity contribution is 0.397. The molecule has 0 aromatic carbocycles. The number of fused-ring (bicyclic) bond motifs is 1. The summed E-state index contributed by atoms with van der Waals surface area (Å²) in [5.74, 6) is 1.39. The number of pyridine rings is 1. The van der Waals surface area contributed by atoms with Crippen LogP contribution in [0.15, 0.2) is 33.9 Å². The van der Waals surface area contributed by atoms with E-state index in [1.54, 1.807) is 5.57 Å². The normalized spacial score (nSPS) is 25.6. The summed E-state index contributed by atoms with van der Waals surface area (Å²) in [4.78, 5) is 13.7. The van der Waals surface area contributed by atoms with Gasteiger partial charge in [0, 0.05) is 11.6 Å². The highest BCUT2D eigenvalue weighted by atomic mass is 14.9. The molecule has 1 atom stereocenters. The van der Waals surface area contributed by atoms with Crippen LogP contribution in [0.3, 0.4) is 0 Å². The molecule has 3 aliphatic rings. The summed E-state index contributed by atoms with van der Waals surface area (Å²) in [6, 6.07) is 2.17. The molecular weight excluding hydrogens is 272 g/mol. The number of aromatic nitrogens is 1. The van der Waals surface area contributed by atoms with Gasteiger partial charge in [-0.25, -0.2) is 0 Å². The van der Waals surface area contributed by atoms with Gasteiger partial charge in [0.25, 0.3) is 0 Å². The zero-order valence-electron chi connectivity index (χ0n) is 13.1. The number of allylic oxidation sites excluding steroid dienone is 2. The SMILES string of the molecule is C1=C(C2CCNCC2)CCC(c2cc3c(cn2)=NCCN=3)C1. The van der Waals surface area contributed by atoms with Crippen molar-refractivity contribution in [3.8, 4) is 0 Å². The minimum absolute atomic E-state index is 0.563. The van der Waals surface area contributed by atoms with Gasteiger partial charge in [-0.2, -0.15) is 0 Å². The molecule has 0 bridgehead atoms. The Balaban J connectivity index is 1.50. The van der Waals surface area contributed by atoms with E-state index in [-0.39, 0.29) is 0 Å². The van der Waals surface area contributed by atoms with Crippen LogP contribution in [-0.4, -0.2) is 31.2 Å². The van der Waals surface area contributed by atoms with Crippen molar-refractivity contribution in [2.45, 2.75) is 38.0 Å². The van der Waals surface area contributed by atoms with Crippen molar-refractivity contribution in [1.82, 2.24) is 10.3 Å². The van der Waals surface area contributed by atoms with Crippen LogP contribution >= 0.6 is 0 Å². The third kappa shape index (κ3) is 2.84. The summed E-state index contributed by atoms with van der Waals surface area (Å²) in [6.07, 6.45) is 10.7. The van der Waals surface area contributed by atoms with Gasteiger partial charge in [0.15, 0.2) is 0 Å². The average molecular weight is 296 g/mol. The van der Waals surface area contributed by atoms with E-state index >= 15 is 0 Å². The highest BCUT2D eigenvalue weighted by Gasteiger charge is 2.23. The number of rotatable bonds is 2. The van der Waals surface area contributed by atoms with Gasteiger partial charge in [0.1, 0.15) is 5.36 Å². The molecule has 1 aliphatic carbocycles. The minimum atomic E-state index is 0.563. The van der Waals surface area contributed by atoms with E-state index in [1.807, 2.05) is 6.20 Å². The van der Waals surface area contributed by atoms with Crippen LogP contribution in [0.25, 0.3) is 0 Å². The van der Waals surface area contributed by atoms with E-state index in [2.05, 4.69) is 32.4 Å². The Kier molecular flexibility index (Phi) is 4.02. The quantitative estimate of drug-likeness (QED) is 0.841. The van der Waals surface area contributed by atoms with Gasteiger partial charge in [-0.1, -0.05) is 11.6 Å². The number of nitrogens with zero attached hydrogens (tertiary/aromatic N) is 3. The molecule has 0 radical (unpaired) electrons. The first-order valence-corrected chi connectivity index (χ1v) is 8.65. The van der Waals surface area contributed by atoms with Crippen LogP contribution in [0.5, 0.6) is 0 Å². The van der Waals surface area contributed by atoms with E-state index in [0.29, 0.717) is 5.92 Å². The van der Waals surface area contributed by atoms with Gasteiger partial charge < -0.3 is 5.32 Å². The third-order valence-electron chi connectivity index (χ3n) is 5.28. The predicted octanol–water partition coefficient (Wildman–Crippen LogP) is 1.53. The maximum absolute atomic E-state index is 4.66. The Labute approximate surface area is 131 Å². The van der Waals surface area contributed by atoms with E-state index in [0.717, 1.165) is 36.1 Å². The molecule has 4 nitrogen and oxygen atoms in total. The van der Waals surface area contributed by atoms with Crippen molar-refractivity contribution in [2.75, 3.05) is 26.2 Å². The van der Waals surface area contributed by atoms with Gasteiger partial charge in [0.05, 0.1) is 24.6 Å². The lowest BCUT2D eigenvalue weighted by Gasteiger charge is -2.29. The Morgan fingerprint density at radius 2 is 1.77 bits per heavy atom. The second-order valence-electron chi connectivity index (χ2n) is 6.64. The highest BCUT2D eigenvalue weighted by molar-refractivity contribution is 5.19. The molecule has 0 saturated carbocycles. The summed E-state index contributed by atoms with van der Waals surface area (Å²) in [7, 11) is 0. The van der Waals surface area contributed by atoms with Crippen molar-refractivity contribution in [2.24, 2.45) is 15.9 Å². The molecule has 1 saturated heterocycles. The largest absolute Gasteiger partial charge is 0.317 e. The summed E-state index contributed by atoms with van der Waals surface area (Å²) in [6.45, 7) is 3.99. The Hall–Kier alpha value is -1.55. The van der Waals surface area contributed by atoms with E-state index < -0.39 is 0 Å². The molecule has 3 heterocycles. The van der Waals surface area contributed by atoms with Crippen LogP contribution in [0.4, 0.5) is 0 Å². The Bertz CT molecular complexity index is 686. The van der Waals surface area contributed by atoms with Crippen LogP contribution in [0.1, 0.15) is 43.7 Å². The Morgan fingerprint density at radius 3 is 2.55 bits per heavy atom. The molecular formula is C18H24N4. The molecule has 4 rings (SSSR count). The van der Waals surface area contributed by atoms with Gasteiger partial charge in [-0.3, -0.25) is 15.0 Å². The first kappa shape index (κ1) is 14.1. The average Bonchev–Trinajstić information content (AvgIpc) is 2.62. The van der Waals surface area contributed by atoms with Crippen LogP contribution in [-0.2, 0) is 0 Å². The molecule has 1 aromatic rings. The zero-order valence-corrected chi connectivity index (χ0v) is 13.1. The van der Waals surface area contributed by atoms with Crippen molar-refractivity contribution >= 4 is 0 Å². The summed E-state index contributed by atoms with van der Waals surface area (Å²) >= 11 is 0. The highest BCUT2D eigenvalue weighted by Crippen LogP contribution is 2.35. The van der Waals surface area contributed by atoms with Crippen molar-refractivity contribution in [1.29, 1.82) is 0 Å². The fourth-order valence-electron chi connectivity index (χ4n) is 3.95. The second kappa shape index (κ2) is 6.29. The standard InChI is InChI=1S/C18H24N4/c1-3-15(4-2-13(1)14-5-7-19-8-6-14)16-11-17-18(12-22-16)21-10-9-20-17/h1,11-12,14-15,19H,2-10H2. The smallest absolute Gasteiger partial charge is 0.101 e. The number of hydrogen-bond donors (Lipinski definition) is 1. The second-order valence-corrected chi connectivity index (χ2v) is 6.64. The van der Waals surface area contributed by atoms with Crippen molar-refractivity contribution < 1.29 is 0 Å². The lowest BCUT2D eigenvalue weighted by Crippen LogP contribution is -2.32. The fourth-order valence-corrected chi connectivity index (χ4v) is 3.95. The summed E-state index contributed by atoms with van der Waals surface area (Å²) in [5.41, 5.74) is 2.91. The van der Waals surface area contributed by atoms with Gasteiger partial charge in [-0.05, 0) is 57.2 Å². The van der Waals surface area contributed by atoms with Gasteiger partial charge in [-0.15, -0.1) is 0 Å². The first-order valence-electron chi connectivity index (χ1n) is 8.65.